The van der Waals surface area contributed by atoms with Gasteiger partial charge in [-0.25, -0.2) is 0 Å². The average molecular weight is 842 g/mol. The van der Waals surface area contributed by atoms with Crippen LogP contribution in [0.2, 0.25) is 0 Å². The van der Waals surface area contributed by atoms with Gasteiger partial charge in [-0.15, -0.1) is 0 Å². The summed E-state index contributed by atoms with van der Waals surface area (Å²) < 4.78 is 170. The van der Waals surface area contributed by atoms with E-state index in [-0.39, 0.29) is 44.8 Å². The molecule has 0 rings (SSSR count). The van der Waals surface area contributed by atoms with Crippen molar-refractivity contribution < 1.29 is 132 Å². The molecule has 0 aromatic rings. The van der Waals surface area contributed by atoms with E-state index in [9.17, 15) is 0 Å². The summed E-state index contributed by atoms with van der Waals surface area (Å²) in [4.78, 5) is 0. The van der Waals surface area contributed by atoms with Gasteiger partial charge in [-0.05, 0) is 0 Å². The fourth-order valence-corrected chi connectivity index (χ4v) is 0. The summed E-state index contributed by atoms with van der Waals surface area (Å²) in [7, 11) is -25.8. The molecule has 0 N–H and O–H groups in total. The van der Waals surface area contributed by atoms with Crippen LogP contribution in [0, 0.1) is 0 Å². The van der Waals surface area contributed by atoms with Crippen LogP contribution in [0.3, 0.4) is 0 Å². The first-order valence-electron chi connectivity index (χ1n) is 3.33. The molecule has 0 spiro atoms. The van der Waals surface area contributed by atoms with Crippen molar-refractivity contribution in [1.29, 1.82) is 0 Å². The summed E-state index contributed by atoms with van der Waals surface area (Å²) >= 11 is 0. The van der Waals surface area contributed by atoms with Crippen LogP contribution >= 0.6 is 0 Å². The van der Waals surface area contributed by atoms with Crippen molar-refractivity contribution in [2.45, 2.75) is 0 Å². The first-order valence-corrected chi connectivity index (χ1v) is 10.0. The van der Waals surface area contributed by atoms with E-state index < -0.39 is 52.0 Å². The molecule has 0 amide bonds. The van der Waals surface area contributed by atoms with Crippen molar-refractivity contribution in [3.63, 3.8) is 0 Å². The average Bonchev–Trinajstić information content (AvgIpc) is 1.79. The van der Waals surface area contributed by atoms with Crippen molar-refractivity contribution in [3.05, 3.63) is 0 Å². The molecule has 27 heteroatoms. The van der Waals surface area contributed by atoms with Crippen molar-refractivity contribution in [2.75, 3.05) is 0 Å². The Morgan fingerprint density at radius 1 is 0.259 bits per heavy atom. The zero-order valence-corrected chi connectivity index (χ0v) is 21.6. The van der Waals surface area contributed by atoms with Crippen LogP contribution in [0.5, 0.6) is 0 Å². The Hall–Kier alpha value is 0.831. The van der Waals surface area contributed by atoms with E-state index in [0.29, 0.717) is 0 Å². The van der Waals surface area contributed by atoms with Crippen molar-refractivity contribution >= 4 is 52.0 Å². The van der Waals surface area contributed by atoms with Gasteiger partial charge in [0.15, 0.2) is 0 Å². The second-order valence-corrected chi connectivity index (χ2v) is 6.12. The Bertz CT molecular complexity index is 619. The molecular formula is O20S5Ta2. The minimum absolute atomic E-state index is 0. The van der Waals surface area contributed by atoms with Gasteiger partial charge in [0.1, 0.15) is 0 Å². The molecule has 0 aliphatic rings. The number of rotatable bonds is 0. The monoisotopic (exact) mass is 842 g/mol. The molecule has 20 nitrogen and oxygen atoms in total. The van der Waals surface area contributed by atoms with Crippen molar-refractivity contribution in [2.24, 2.45) is 0 Å². The largest absolute Gasteiger partial charge is 5.00 e. The third-order valence-corrected chi connectivity index (χ3v) is 0. The van der Waals surface area contributed by atoms with Gasteiger partial charge in [-0.1, -0.05) is 0 Å². The molecule has 0 aromatic heterocycles. The summed E-state index contributed by atoms with van der Waals surface area (Å²) in [6, 6.07) is 0. The van der Waals surface area contributed by atoms with Gasteiger partial charge < -0.3 is 45.5 Å². The fraction of sp³-hybridized carbons (Fsp3) is 0. The predicted octanol–water partition coefficient (Wildman–Crippen LogP) is -6.69. The molecule has 0 aliphatic carbocycles. The summed E-state index contributed by atoms with van der Waals surface area (Å²) in [6.45, 7) is 0. The van der Waals surface area contributed by atoms with Crippen LogP contribution < -0.4 is 0 Å². The molecule has 0 atom stereocenters. The molecule has 0 fully saturated rings. The molecule has 0 aliphatic heterocycles. The van der Waals surface area contributed by atoms with Gasteiger partial charge in [0.05, 0.1) is 0 Å². The van der Waals surface area contributed by atoms with Gasteiger partial charge in [0.2, 0.25) is 0 Å². The maximum absolute atomic E-state index is 8.52. The van der Waals surface area contributed by atoms with E-state index >= 15 is 0 Å². The maximum atomic E-state index is 8.52. The second-order valence-electron chi connectivity index (χ2n) is 2.04. The van der Waals surface area contributed by atoms with Crippen molar-refractivity contribution in [1.82, 2.24) is 0 Å². The zero-order chi connectivity index (χ0) is 22.5. The van der Waals surface area contributed by atoms with Gasteiger partial charge >= 0.3 is 44.8 Å². The Kier molecular flexibility index (Phi) is 32.2. The van der Waals surface area contributed by atoms with Crippen LogP contribution in [0.1, 0.15) is 0 Å². The summed E-state index contributed by atoms with van der Waals surface area (Å²) in [5, 5.41) is 0. The molecule has 160 valence electrons. The van der Waals surface area contributed by atoms with E-state index in [2.05, 4.69) is 0 Å². The molecule has 0 heterocycles. The standard InChI is InChI=1S/5H2O4S.2Ta/c5*1-5(2,3)4;;/h5*(H2,1,2,3,4);;/q;;;;;2*+5/p-10. The Morgan fingerprint density at radius 2 is 0.259 bits per heavy atom. The number of hydrogen-bond donors (Lipinski definition) is 0. The van der Waals surface area contributed by atoms with Crippen LogP contribution in [0.15, 0.2) is 0 Å². The van der Waals surface area contributed by atoms with E-state index in [1.54, 1.807) is 0 Å². The van der Waals surface area contributed by atoms with E-state index in [0.717, 1.165) is 0 Å². The van der Waals surface area contributed by atoms with Gasteiger partial charge in [0.25, 0.3) is 0 Å². The second kappa shape index (κ2) is 18.8. The normalized spacial score (nSPS) is 10.7. The van der Waals surface area contributed by atoms with Gasteiger partial charge in [-0.2, -0.15) is 0 Å². The quantitative estimate of drug-likeness (QED) is 0.161. The Morgan fingerprint density at radius 3 is 0.259 bits per heavy atom. The molecule has 0 saturated heterocycles. The molecule has 0 bridgehead atoms. The minimum Gasteiger partial charge on any atom is -0.759 e. The molecule has 0 aromatic carbocycles. The van der Waals surface area contributed by atoms with Crippen LogP contribution in [-0.2, 0) is 96.8 Å². The Balaban J connectivity index is -0.0000000364. The molecule has 0 radical (unpaired) electrons. The molecule has 0 saturated carbocycles. The minimum atomic E-state index is -5.17. The Labute approximate surface area is 183 Å². The predicted molar refractivity (Wildman–Crippen MR) is 52.4 cm³/mol. The topological polar surface area (TPSA) is 401 Å². The summed E-state index contributed by atoms with van der Waals surface area (Å²) in [5.74, 6) is 0. The maximum Gasteiger partial charge on any atom is 5.00 e. The summed E-state index contributed by atoms with van der Waals surface area (Å²) in [5.41, 5.74) is 0. The fourth-order valence-electron chi connectivity index (χ4n) is 0. The SMILES string of the molecule is O=S(=O)([O-])[O-].O=S(=O)([O-])[O-].O=S(=O)([O-])[O-].O=S(=O)([O-])[O-].O=S(=O)([O-])[O-].[Ta+5].[Ta+5]. The zero-order valence-electron chi connectivity index (χ0n) is 11.1. The van der Waals surface area contributed by atoms with Gasteiger partial charge in [0, 0.05) is 52.0 Å². The van der Waals surface area contributed by atoms with Crippen LogP contribution in [0.4, 0.5) is 0 Å². The molecule has 27 heavy (non-hydrogen) atoms. The first-order chi connectivity index (χ1) is 10.0. The number of hydrogen-bond acceptors (Lipinski definition) is 20. The summed E-state index contributed by atoms with van der Waals surface area (Å²) in [6.07, 6.45) is 0. The third-order valence-electron chi connectivity index (χ3n) is 0. The van der Waals surface area contributed by atoms with Crippen molar-refractivity contribution in [3.8, 4) is 0 Å². The molecular weight excluding hydrogens is 842 g/mol. The van der Waals surface area contributed by atoms with E-state index in [1.165, 1.54) is 0 Å². The van der Waals surface area contributed by atoms with Gasteiger partial charge in [-0.3, -0.25) is 42.1 Å². The first kappa shape index (κ1) is 46.2. The van der Waals surface area contributed by atoms with E-state index in [1.807, 2.05) is 0 Å². The van der Waals surface area contributed by atoms with Crippen LogP contribution in [-0.4, -0.2) is 87.6 Å². The molecule has 0 unspecified atom stereocenters. The smallest absolute Gasteiger partial charge is 0.759 e. The van der Waals surface area contributed by atoms with Crippen LogP contribution in [0.25, 0.3) is 0 Å². The third kappa shape index (κ3) is 24000. The van der Waals surface area contributed by atoms with E-state index in [4.69, 9.17) is 87.6 Å².